The van der Waals surface area contributed by atoms with Crippen LogP contribution in [0.4, 0.5) is 0 Å². The quantitative estimate of drug-likeness (QED) is 0.659. The first kappa shape index (κ1) is 17.8. The van der Waals surface area contributed by atoms with Gasteiger partial charge in [0, 0.05) is 21.3 Å². The van der Waals surface area contributed by atoms with Crippen LogP contribution in [0.25, 0.3) is 17.1 Å². The van der Waals surface area contributed by atoms with Crippen molar-refractivity contribution < 1.29 is 4.79 Å². The number of thioether (sulfide) groups is 1. The third-order valence-corrected chi connectivity index (χ3v) is 5.07. The number of carbonyl (C=O) groups excluding carboxylic acids is 1. The second-order valence-corrected chi connectivity index (χ2v) is 7.47. The van der Waals surface area contributed by atoms with Crippen LogP contribution < -0.4 is 5.73 Å². The molecule has 0 saturated heterocycles. The summed E-state index contributed by atoms with van der Waals surface area (Å²) in [6, 6.07) is 14.6. The summed E-state index contributed by atoms with van der Waals surface area (Å²) < 4.78 is 1.86. The van der Waals surface area contributed by atoms with Gasteiger partial charge in [-0.05, 0) is 55.5 Å². The molecule has 1 atom stereocenters. The lowest BCUT2D eigenvalue weighted by atomic mass is 10.2. The summed E-state index contributed by atoms with van der Waals surface area (Å²) >= 11 is 13.2. The molecule has 0 saturated carbocycles. The van der Waals surface area contributed by atoms with Gasteiger partial charge in [-0.2, -0.15) is 0 Å². The van der Waals surface area contributed by atoms with Crippen LogP contribution in [0.3, 0.4) is 0 Å². The molecule has 0 aliphatic heterocycles. The third-order valence-electron chi connectivity index (χ3n) is 3.50. The maximum atomic E-state index is 11.4. The first-order valence-corrected chi connectivity index (χ1v) is 9.02. The molecule has 0 bridgehead atoms. The van der Waals surface area contributed by atoms with Gasteiger partial charge in [0.05, 0.1) is 5.25 Å². The van der Waals surface area contributed by atoms with Crippen LogP contribution in [0.1, 0.15) is 6.92 Å². The Hall–Kier alpha value is -2.02. The van der Waals surface area contributed by atoms with Crippen molar-refractivity contribution in [1.82, 2.24) is 14.8 Å². The highest BCUT2D eigenvalue weighted by atomic mass is 35.5. The highest BCUT2D eigenvalue weighted by Crippen LogP contribution is 2.31. The minimum Gasteiger partial charge on any atom is -0.369 e. The number of benzene rings is 2. The van der Waals surface area contributed by atoms with Gasteiger partial charge in [-0.25, -0.2) is 0 Å². The lowest BCUT2D eigenvalue weighted by molar-refractivity contribution is -0.117. The van der Waals surface area contributed by atoms with Crippen molar-refractivity contribution in [1.29, 1.82) is 0 Å². The zero-order chi connectivity index (χ0) is 18.0. The normalized spacial score (nSPS) is 12.1. The van der Waals surface area contributed by atoms with E-state index >= 15 is 0 Å². The Labute approximate surface area is 159 Å². The number of amides is 1. The smallest absolute Gasteiger partial charge is 0.230 e. The fourth-order valence-corrected chi connectivity index (χ4v) is 3.24. The molecule has 1 unspecified atom stereocenters. The zero-order valence-electron chi connectivity index (χ0n) is 13.2. The summed E-state index contributed by atoms with van der Waals surface area (Å²) in [5, 5.41) is 9.93. The number of nitrogens with zero attached hydrogens (tertiary/aromatic N) is 3. The van der Waals surface area contributed by atoms with E-state index in [1.807, 2.05) is 28.8 Å². The van der Waals surface area contributed by atoms with E-state index in [1.165, 1.54) is 11.8 Å². The Kier molecular flexibility index (Phi) is 5.32. The predicted molar refractivity (Wildman–Crippen MR) is 101 cm³/mol. The summed E-state index contributed by atoms with van der Waals surface area (Å²) in [6.07, 6.45) is 0. The lowest BCUT2D eigenvalue weighted by Gasteiger charge is -2.12. The molecule has 1 amide bonds. The van der Waals surface area contributed by atoms with Crippen LogP contribution in [0.5, 0.6) is 0 Å². The van der Waals surface area contributed by atoms with Gasteiger partial charge in [-0.3, -0.25) is 9.36 Å². The molecule has 0 spiro atoms. The van der Waals surface area contributed by atoms with Gasteiger partial charge in [0.1, 0.15) is 0 Å². The lowest BCUT2D eigenvalue weighted by Crippen LogP contribution is -2.23. The minimum absolute atomic E-state index is 0.413. The summed E-state index contributed by atoms with van der Waals surface area (Å²) in [7, 11) is 0. The van der Waals surface area contributed by atoms with E-state index in [0.717, 1.165) is 11.3 Å². The highest BCUT2D eigenvalue weighted by molar-refractivity contribution is 8.00. The van der Waals surface area contributed by atoms with Crippen LogP contribution in [0.15, 0.2) is 53.7 Å². The molecule has 5 nitrogen and oxygen atoms in total. The van der Waals surface area contributed by atoms with Gasteiger partial charge in [0.15, 0.2) is 11.0 Å². The number of primary amides is 1. The number of aromatic nitrogens is 3. The number of nitrogens with two attached hydrogens (primary N) is 1. The van der Waals surface area contributed by atoms with Crippen LogP contribution in [-0.2, 0) is 4.79 Å². The molecule has 1 aromatic heterocycles. The van der Waals surface area contributed by atoms with Crippen LogP contribution in [0, 0.1) is 0 Å². The second-order valence-electron chi connectivity index (χ2n) is 5.29. The second kappa shape index (κ2) is 7.47. The molecular weight excluding hydrogens is 379 g/mol. The van der Waals surface area contributed by atoms with Crippen molar-refractivity contribution in [2.45, 2.75) is 17.3 Å². The van der Waals surface area contributed by atoms with E-state index in [-0.39, 0.29) is 0 Å². The standard InChI is InChI=1S/C17H14Cl2N4OS/c1-10(15(20)24)25-17-22-21-16(11-2-4-12(18)5-3-11)23(17)14-8-6-13(19)7-9-14/h2-10H,1H3,(H2,20,24). The third kappa shape index (κ3) is 3.98. The number of hydrogen-bond donors (Lipinski definition) is 1. The summed E-state index contributed by atoms with van der Waals surface area (Å²) in [5.74, 6) is 0.224. The van der Waals surface area contributed by atoms with Crippen molar-refractivity contribution in [3.8, 4) is 17.1 Å². The van der Waals surface area contributed by atoms with E-state index in [0.29, 0.717) is 21.0 Å². The Morgan fingerprint density at radius 3 is 2.16 bits per heavy atom. The van der Waals surface area contributed by atoms with Gasteiger partial charge in [-0.1, -0.05) is 35.0 Å². The molecule has 25 heavy (non-hydrogen) atoms. The summed E-state index contributed by atoms with van der Waals surface area (Å²) in [4.78, 5) is 11.4. The highest BCUT2D eigenvalue weighted by Gasteiger charge is 2.20. The molecule has 0 fully saturated rings. The molecule has 0 aliphatic rings. The van der Waals surface area contributed by atoms with E-state index < -0.39 is 11.2 Å². The largest absolute Gasteiger partial charge is 0.369 e. The van der Waals surface area contributed by atoms with Gasteiger partial charge in [0.2, 0.25) is 5.91 Å². The van der Waals surface area contributed by atoms with Crippen molar-refractivity contribution in [3.05, 3.63) is 58.6 Å². The fourth-order valence-electron chi connectivity index (χ4n) is 2.17. The molecule has 3 rings (SSSR count). The molecular formula is C17H14Cl2N4OS. The Balaban J connectivity index is 2.12. The maximum absolute atomic E-state index is 11.4. The monoisotopic (exact) mass is 392 g/mol. The average Bonchev–Trinajstić information content (AvgIpc) is 2.99. The summed E-state index contributed by atoms with van der Waals surface area (Å²) in [6.45, 7) is 1.73. The number of halogens is 2. The number of hydrogen-bond acceptors (Lipinski definition) is 4. The average molecular weight is 393 g/mol. The van der Waals surface area contributed by atoms with E-state index in [9.17, 15) is 4.79 Å². The Morgan fingerprint density at radius 1 is 1.04 bits per heavy atom. The molecule has 2 aromatic carbocycles. The van der Waals surface area contributed by atoms with Crippen LogP contribution in [0.2, 0.25) is 10.0 Å². The van der Waals surface area contributed by atoms with E-state index in [2.05, 4.69) is 10.2 Å². The van der Waals surface area contributed by atoms with Crippen LogP contribution >= 0.6 is 35.0 Å². The molecule has 0 radical (unpaired) electrons. The minimum atomic E-state index is -0.437. The van der Waals surface area contributed by atoms with Crippen LogP contribution in [-0.4, -0.2) is 25.9 Å². The van der Waals surface area contributed by atoms with Gasteiger partial charge >= 0.3 is 0 Å². The van der Waals surface area contributed by atoms with Gasteiger partial charge in [-0.15, -0.1) is 10.2 Å². The van der Waals surface area contributed by atoms with Crippen molar-refractivity contribution >= 4 is 40.9 Å². The molecule has 3 aromatic rings. The number of carbonyl (C=O) groups is 1. The first-order chi connectivity index (χ1) is 12.0. The van der Waals surface area contributed by atoms with Crippen molar-refractivity contribution in [2.24, 2.45) is 5.73 Å². The van der Waals surface area contributed by atoms with Crippen molar-refractivity contribution in [2.75, 3.05) is 0 Å². The van der Waals surface area contributed by atoms with Gasteiger partial charge < -0.3 is 5.73 Å². The fraction of sp³-hybridized carbons (Fsp3) is 0.118. The van der Waals surface area contributed by atoms with Gasteiger partial charge in [0.25, 0.3) is 0 Å². The topological polar surface area (TPSA) is 73.8 Å². The van der Waals surface area contributed by atoms with E-state index in [4.69, 9.17) is 28.9 Å². The zero-order valence-corrected chi connectivity index (χ0v) is 15.5. The van der Waals surface area contributed by atoms with Crippen molar-refractivity contribution in [3.63, 3.8) is 0 Å². The Bertz CT molecular complexity index is 894. The Morgan fingerprint density at radius 2 is 1.60 bits per heavy atom. The first-order valence-electron chi connectivity index (χ1n) is 7.39. The molecule has 1 heterocycles. The summed E-state index contributed by atoms with van der Waals surface area (Å²) in [5.41, 5.74) is 7.06. The molecule has 2 N–H and O–H groups in total. The molecule has 0 aliphatic carbocycles. The van der Waals surface area contributed by atoms with E-state index in [1.54, 1.807) is 31.2 Å². The molecule has 128 valence electrons. The maximum Gasteiger partial charge on any atom is 0.230 e. The predicted octanol–water partition coefficient (Wildman–Crippen LogP) is 4.21. The SMILES string of the molecule is CC(Sc1nnc(-c2ccc(Cl)cc2)n1-c1ccc(Cl)cc1)C(N)=O. The molecule has 8 heteroatoms. The number of rotatable bonds is 5.